The van der Waals surface area contributed by atoms with Gasteiger partial charge < -0.3 is 14.8 Å². The third-order valence-electron chi connectivity index (χ3n) is 3.95. The van der Waals surface area contributed by atoms with Crippen molar-refractivity contribution < 1.29 is 24.0 Å². The fourth-order valence-electron chi connectivity index (χ4n) is 2.50. The lowest BCUT2D eigenvalue weighted by Crippen LogP contribution is -2.39. The van der Waals surface area contributed by atoms with Crippen LogP contribution in [0.3, 0.4) is 0 Å². The van der Waals surface area contributed by atoms with Crippen LogP contribution in [0.5, 0.6) is 5.75 Å². The number of nitrogens with zero attached hydrogens (tertiary/aromatic N) is 1. The van der Waals surface area contributed by atoms with E-state index in [-0.39, 0.29) is 11.3 Å². The maximum absolute atomic E-state index is 12.3. The topological polar surface area (TPSA) is 108 Å². The molecule has 0 heterocycles. The van der Waals surface area contributed by atoms with Crippen LogP contribution in [0.4, 0.5) is 5.69 Å². The predicted octanol–water partition coefficient (Wildman–Crippen LogP) is 3.06. The molecule has 0 aromatic heterocycles. The number of rotatable bonds is 6. The van der Waals surface area contributed by atoms with Crippen LogP contribution < -0.4 is 10.1 Å². The quantitative estimate of drug-likeness (QED) is 0.305. The summed E-state index contributed by atoms with van der Waals surface area (Å²) in [7, 11) is 1.39. The molecule has 0 aliphatic carbocycles. The van der Waals surface area contributed by atoms with Crippen molar-refractivity contribution in [1.29, 1.82) is 0 Å². The summed E-state index contributed by atoms with van der Waals surface area (Å²) >= 11 is 0. The zero-order valence-corrected chi connectivity index (χ0v) is 14.8. The Hall–Kier alpha value is -3.94. The van der Waals surface area contributed by atoms with Crippen molar-refractivity contribution in [2.24, 2.45) is 0 Å². The number of amides is 1. The van der Waals surface area contributed by atoms with Gasteiger partial charge in [-0.25, -0.2) is 4.79 Å². The van der Waals surface area contributed by atoms with Gasteiger partial charge in [-0.2, -0.15) is 0 Å². The molecule has 0 bridgehead atoms. The van der Waals surface area contributed by atoms with Gasteiger partial charge in [-0.05, 0) is 35.0 Å². The van der Waals surface area contributed by atoms with E-state index in [2.05, 4.69) is 5.32 Å². The number of carbonyl (C=O) groups excluding carboxylic acids is 2. The van der Waals surface area contributed by atoms with Crippen LogP contribution >= 0.6 is 0 Å². The largest absolute Gasteiger partial charge is 0.446 e. The van der Waals surface area contributed by atoms with Gasteiger partial charge in [0.2, 0.25) is 0 Å². The van der Waals surface area contributed by atoms with E-state index in [1.165, 1.54) is 31.3 Å². The number of nitro benzene ring substituents is 1. The highest BCUT2D eigenvalue weighted by Gasteiger charge is 2.25. The van der Waals surface area contributed by atoms with Crippen molar-refractivity contribution >= 4 is 28.3 Å². The summed E-state index contributed by atoms with van der Waals surface area (Å²) in [5, 5.41) is 15.0. The summed E-state index contributed by atoms with van der Waals surface area (Å²) in [6, 6.07) is 17.7. The van der Waals surface area contributed by atoms with E-state index in [0.29, 0.717) is 5.75 Å². The number of hydrogen-bond donors (Lipinski definition) is 1. The average Bonchev–Trinajstić information content (AvgIpc) is 2.72. The molecule has 8 nitrogen and oxygen atoms in total. The summed E-state index contributed by atoms with van der Waals surface area (Å²) < 4.78 is 10.7. The molecule has 28 heavy (non-hydrogen) atoms. The highest BCUT2D eigenvalue weighted by Crippen LogP contribution is 2.22. The SMILES string of the molecule is CNC(=O)C(OC(=O)c1ccc([N+](=O)[O-])cc1)Oc1ccc2ccccc2c1. The molecule has 142 valence electrons. The Labute approximate surface area is 159 Å². The molecule has 0 saturated heterocycles. The number of benzene rings is 3. The van der Waals surface area contributed by atoms with Crippen molar-refractivity contribution in [3.63, 3.8) is 0 Å². The van der Waals surface area contributed by atoms with Crippen LogP contribution in [0.25, 0.3) is 10.8 Å². The predicted molar refractivity (Wildman–Crippen MR) is 101 cm³/mol. The number of hydrogen-bond acceptors (Lipinski definition) is 6. The number of esters is 1. The first-order chi connectivity index (χ1) is 13.5. The van der Waals surface area contributed by atoms with Crippen LogP contribution in [-0.2, 0) is 9.53 Å². The Morgan fingerprint density at radius 2 is 1.68 bits per heavy atom. The smallest absolute Gasteiger partial charge is 0.341 e. The lowest BCUT2D eigenvalue weighted by molar-refractivity contribution is -0.384. The van der Waals surface area contributed by atoms with Crippen LogP contribution in [0.15, 0.2) is 66.7 Å². The van der Waals surface area contributed by atoms with Gasteiger partial charge in [0.15, 0.2) is 0 Å². The summed E-state index contributed by atoms with van der Waals surface area (Å²) in [6.45, 7) is 0. The molecule has 8 heteroatoms. The summed E-state index contributed by atoms with van der Waals surface area (Å²) in [5.74, 6) is -1.14. The van der Waals surface area contributed by atoms with Gasteiger partial charge in [0.05, 0.1) is 10.5 Å². The Morgan fingerprint density at radius 1 is 1.00 bits per heavy atom. The summed E-state index contributed by atoms with van der Waals surface area (Å²) in [6.07, 6.45) is -1.52. The maximum atomic E-state index is 12.3. The molecule has 0 radical (unpaired) electrons. The number of carbonyl (C=O) groups is 2. The van der Waals surface area contributed by atoms with Gasteiger partial charge in [-0.15, -0.1) is 0 Å². The molecule has 0 fully saturated rings. The number of nitrogens with one attached hydrogen (secondary N) is 1. The van der Waals surface area contributed by atoms with E-state index in [0.717, 1.165) is 10.8 Å². The van der Waals surface area contributed by atoms with Crippen LogP contribution in [0, 0.1) is 10.1 Å². The monoisotopic (exact) mass is 380 g/mol. The first kappa shape index (κ1) is 18.8. The maximum Gasteiger partial charge on any atom is 0.341 e. The molecule has 3 aromatic carbocycles. The van der Waals surface area contributed by atoms with Crippen LogP contribution in [0.1, 0.15) is 10.4 Å². The highest BCUT2D eigenvalue weighted by atomic mass is 16.7. The second-order valence-corrected chi connectivity index (χ2v) is 5.78. The van der Waals surface area contributed by atoms with Crippen molar-refractivity contribution in [2.75, 3.05) is 7.05 Å². The lowest BCUT2D eigenvalue weighted by atomic mass is 10.1. The van der Waals surface area contributed by atoms with Gasteiger partial charge in [-0.1, -0.05) is 30.3 Å². The van der Waals surface area contributed by atoms with E-state index in [9.17, 15) is 19.7 Å². The first-order valence-corrected chi connectivity index (χ1v) is 8.30. The highest BCUT2D eigenvalue weighted by molar-refractivity contribution is 5.92. The third-order valence-corrected chi connectivity index (χ3v) is 3.95. The van der Waals surface area contributed by atoms with Crippen molar-refractivity contribution in [2.45, 2.75) is 6.29 Å². The van der Waals surface area contributed by atoms with Crippen LogP contribution in [0.2, 0.25) is 0 Å². The second-order valence-electron chi connectivity index (χ2n) is 5.78. The molecule has 1 atom stereocenters. The molecule has 3 aromatic rings. The van der Waals surface area contributed by atoms with Gasteiger partial charge in [0.1, 0.15) is 5.75 Å². The Balaban J connectivity index is 1.78. The number of likely N-dealkylation sites (N-methyl/N-ethyl adjacent to an activating group) is 1. The zero-order valence-electron chi connectivity index (χ0n) is 14.8. The Kier molecular flexibility index (Phi) is 5.50. The van der Waals surface area contributed by atoms with E-state index >= 15 is 0 Å². The van der Waals surface area contributed by atoms with E-state index in [1.54, 1.807) is 12.1 Å². The average molecular weight is 380 g/mol. The molecule has 0 saturated carbocycles. The second kappa shape index (κ2) is 8.17. The van der Waals surface area contributed by atoms with E-state index in [1.807, 2.05) is 30.3 Å². The fourth-order valence-corrected chi connectivity index (χ4v) is 2.50. The summed E-state index contributed by atoms with van der Waals surface area (Å²) in [4.78, 5) is 34.5. The van der Waals surface area contributed by atoms with Gasteiger partial charge in [0, 0.05) is 19.2 Å². The Bertz CT molecular complexity index is 1030. The number of nitro groups is 1. The molecular formula is C20H16N2O6. The third kappa shape index (κ3) is 4.24. The van der Waals surface area contributed by atoms with Crippen molar-refractivity contribution in [3.05, 3.63) is 82.4 Å². The molecule has 0 aliphatic rings. The molecule has 1 N–H and O–H groups in total. The lowest BCUT2D eigenvalue weighted by Gasteiger charge is -2.18. The van der Waals surface area contributed by atoms with Gasteiger partial charge in [0.25, 0.3) is 5.69 Å². The number of fused-ring (bicyclic) bond motifs is 1. The Morgan fingerprint density at radius 3 is 2.32 bits per heavy atom. The molecule has 3 rings (SSSR count). The summed E-state index contributed by atoms with van der Waals surface area (Å²) in [5.41, 5.74) is -0.103. The molecule has 1 unspecified atom stereocenters. The zero-order chi connectivity index (χ0) is 20.1. The fraction of sp³-hybridized carbons (Fsp3) is 0.100. The van der Waals surface area contributed by atoms with Gasteiger partial charge >= 0.3 is 18.2 Å². The molecule has 1 amide bonds. The molecule has 0 spiro atoms. The minimum absolute atomic E-state index is 0.0571. The van der Waals surface area contributed by atoms with E-state index < -0.39 is 23.1 Å². The number of non-ortho nitro benzene ring substituents is 1. The minimum Gasteiger partial charge on any atom is -0.446 e. The molecule has 0 aliphatic heterocycles. The standard InChI is InChI=1S/C20H16N2O6/c1-21-18(23)20(27-17-11-8-13-4-2-3-5-15(13)12-17)28-19(24)14-6-9-16(10-7-14)22(25)26/h2-12,20H,1H3,(H,21,23). The minimum atomic E-state index is -1.52. The molecular weight excluding hydrogens is 364 g/mol. The van der Waals surface area contributed by atoms with Crippen molar-refractivity contribution in [1.82, 2.24) is 5.32 Å². The normalized spacial score (nSPS) is 11.5. The van der Waals surface area contributed by atoms with E-state index in [4.69, 9.17) is 9.47 Å². The van der Waals surface area contributed by atoms with Crippen LogP contribution in [-0.4, -0.2) is 30.1 Å². The van der Waals surface area contributed by atoms with Crippen molar-refractivity contribution in [3.8, 4) is 5.75 Å². The number of ether oxygens (including phenoxy) is 2. The first-order valence-electron chi connectivity index (χ1n) is 8.30. The van der Waals surface area contributed by atoms with Gasteiger partial charge in [-0.3, -0.25) is 14.9 Å².